The predicted octanol–water partition coefficient (Wildman–Crippen LogP) is 0.460. The lowest BCUT2D eigenvalue weighted by Crippen LogP contribution is -2.45. The zero-order valence-corrected chi connectivity index (χ0v) is 10.4. The van der Waals surface area contributed by atoms with Crippen molar-refractivity contribution in [2.45, 2.75) is 39.8 Å². The Morgan fingerprint density at radius 1 is 1.33 bits per heavy atom. The maximum atomic E-state index is 11.6. The van der Waals surface area contributed by atoms with Crippen LogP contribution < -0.4 is 5.32 Å². The lowest BCUT2D eigenvalue weighted by atomic mass is 10.1. The first-order chi connectivity index (χ1) is 6.90. The Bertz CT molecular complexity index is 193. The van der Waals surface area contributed by atoms with Gasteiger partial charge in [0.2, 0.25) is 5.91 Å². The Hall–Kier alpha value is -0.610. The third kappa shape index (κ3) is 5.14. The number of carbonyl (C=O) groups is 1. The number of rotatable bonds is 6. The summed E-state index contributed by atoms with van der Waals surface area (Å²) in [4.78, 5) is 13.3. The molecule has 0 aromatic rings. The van der Waals surface area contributed by atoms with Crippen molar-refractivity contribution in [1.82, 2.24) is 10.2 Å². The van der Waals surface area contributed by atoms with Gasteiger partial charge in [0.25, 0.3) is 0 Å². The molecular formula is C11H24N2O2. The average Bonchev–Trinajstić information content (AvgIpc) is 2.16. The number of hydrogen-bond donors (Lipinski definition) is 2. The van der Waals surface area contributed by atoms with Crippen LogP contribution in [0, 0.1) is 5.92 Å². The normalized spacial score (nSPS) is 13.3. The summed E-state index contributed by atoms with van der Waals surface area (Å²) in [6, 6.07) is 0.209. The molecular weight excluding hydrogens is 192 g/mol. The lowest BCUT2D eigenvalue weighted by molar-refractivity contribution is -0.130. The first kappa shape index (κ1) is 14.4. The van der Waals surface area contributed by atoms with Gasteiger partial charge in [-0.05, 0) is 19.8 Å². The van der Waals surface area contributed by atoms with E-state index in [1.807, 2.05) is 27.7 Å². The molecule has 0 fully saturated rings. The molecule has 0 radical (unpaired) electrons. The molecule has 1 atom stereocenters. The summed E-state index contributed by atoms with van der Waals surface area (Å²) < 4.78 is 0. The van der Waals surface area contributed by atoms with Gasteiger partial charge in [-0.15, -0.1) is 0 Å². The number of hydrogen-bond acceptors (Lipinski definition) is 3. The van der Waals surface area contributed by atoms with E-state index < -0.39 is 0 Å². The smallest absolute Gasteiger partial charge is 0.236 e. The van der Waals surface area contributed by atoms with Gasteiger partial charge in [-0.2, -0.15) is 0 Å². The molecule has 0 aliphatic heterocycles. The van der Waals surface area contributed by atoms with E-state index in [0.717, 1.165) is 0 Å². The molecule has 0 aliphatic carbocycles. The monoisotopic (exact) mass is 216 g/mol. The highest BCUT2D eigenvalue weighted by Gasteiger charge is 2.16. The van der Waals surface area contributed by atoms with E-state index in [1.54, 1.807) is 11.9 Å². The molecule has 15 heavy (non-hydrogen) atoms. The van der Waals surface area contributed by atoms with Gasteiger partial charge in [-0.3, -0.25) is 4.79 Å². The van der Waals surface area contributed by atoms with E-state index in [4.69, 9.17) is 5.11 Å². The van der Waals surface area contributed by atoms with Gasteiger partial charge in [0.05, 0.1) is 13.2 Å². The van der Waals surface area contributed by atoms with Gasteiger partial charge in [0.1, 0.15) is 0 Å². The van der Waals surface area contributed by atoms with Crippen LogP contribution in [0.4, 0.5) is 0 Å². The van der Waals surface area contributed by atoms with Gasteiger partial charge < -0.3 is 15.3 Å². The Kier molecular flexibility index (Phi) is 6.52. The topological polar surface area (TPSA) is 52.6 Å². The molecule has 0 rings (SSSR count). The Morgan fingerprint density at radius 3 is 2.20 bits per heavy atom. The predicted molar refractivity (Wildman–Crippen MR) is 61.6 cm³/mol. The standard InChI is InChI=1S/C11H24N2O2/c1-8(2)10(7-14)12-6-11(15)13(5)9(3)4/h8-10,12,14H,6-7H2,1-5H3/t10-/m1/s1. The molecule has 4 nitrogen and oxygen atoms in total. The van der Waals surface area contributed by atoms with Crippen LogP contribution >= 0.6 is 0 Å². The second kappa shape index (κ2) is 6.80. The molecule has 0 spiro atoms. The van der Waals surface area contributed by atoms with Crippen molar-refractivity contribution >= 4 is 5.91 Å². The molecule has 0 saturated carbocycles. The summed E-state index contributed by atoms with van der Waals surface area (Å²) in [5.41, 5.74) is 0. The highest BCUT2D eigenvalue weighted by molar-refractivity contribution is 5.78. The zero-order valence-electron chi connectivity index (χ0n) is 10.4. The summed E-state index contributed by atoms with van der Waals surface area (Å²) in [7, 11) is 1.79. The van der Waals surface area contributed by atoms with Crippen molar-refractivity contribution in [1.29, 1.82) is 0 Å². The first-order valence-corrected chi connectivity index (χ1v) is 5.50. The quantitative estimate of drug-likeness (QED) is 0.678. The summed E-state index contributed by atoms with van der Waals surface area (Å²) in [6.45, 7) is 8.34. The molecule has 0 bridgehead atoms. The molecule has 0 aromatic heterocycles. The maximum absolute atomic E-state index is 11.6. The number of carbonyl (C=O) groups excluding carboxylic acids is 1. The highest BCUT2D eigenvalue weighted by atomic mass is 16.3. The number of likely N-dealkylation sites (N-methyl/N-ethyl adjacent to an activating group) is 1. The van der Waals surface area contributed by atoms with Crippen LogP contribution in [0.5, 0.6) is 0 Å². The van der Waals surface area contributed by atoms with Crippen LogP contribution in [0.1, 0.15) is 27.7 Å². The summed E-state index contributed by atoms with van der Waals surface area (Å²) in [5.74, 6) is 0.385. The number of nitrogens with zero attached hydrogens (tertiary/aromatic N) is 1. The van der Waals surface area contributed by atoms with Crippen LogP contribution in [0.15, 0.2) is 0 Å². The van der Waals surface area contributed by atoms with Crippen molar-refractivity contribution in [3.05, 3.63) is 0 Å². The average molecular weight is 216 g/mol. The van der Waals surface area contributed by atoms with Gasteiger partial charge in [-0.1, -0.05) is 13.8 Å². The minimum atomic E-state index is -0.00508. The van der Waals surface area contributed by atoms with Crippen molar-refractivity contribution < 1.29 is 9.90 Å². The fourth-order valence-electron chi connectivity index (χ4n) is 1.14. The van der Waals surface area contributed by atoms with Crippen LogP contribution in [0.3, 0.4) is 0 Å². The maximum Gasteiger partial charge on any atom is 0.236 e. The molecule has 0 unspecified atom stereocenters. The lowest BCUT2D eigenvalue weighted by Gasteiger charge is -2.24. The largest absolute Gasteiger partial charge is 0.395 e. The fourth-order valence-corrected chi connectivity index (χ4v) is 1.14. The Morgan fingerprint density at radius 2 is 1.87 bits per heavy atom. The van der Waals surface area contributed by atoms with E-state index >= 15 is 0 Å². The van der Waals surface area contributed by atoms with Crippen LogP contribution in [-0.4, -0.2) is 48.2 Å². The Labute approximate surface area is 92.7 Å². The third-order valence-electron chi connectivity index (χ3n) is 2.68. The minimum absolute atomic E-state index is 0.00508. The minimum Gasteiger partial charge on any atom is -0.395 e. The van der Waals surface area contributed by atoms with E-state index in [9.17, 15) is 4.79 Å². The van der Waals surface area contributed by atoms with Crippen molar-refractivity contribution in [2.75, 3.05) is 20.2 Å². The molecule has 0 heterocycles. The molecule has 0 saturated heterocycles. The van der Waals surface area contributed by atoms with Crippen LogP contribution in [-0.2, 0) is 4.79 Å². The summed E-state index contributed by atoms with van der Waals surface area (Å²) >= 11 is 0. The first-order valence-electron chi connectivity index (χ1n) is 5.50. The number of amides is 1. The summed E-state index contributed by atoms with van der Waals surface area (Å²) in [5, 5.41) is 12.1. The number of aliphatic hydroxyl groups is 1. The molecule has 1 amide bonds. The Balaban J connectivity index is 3.98. The molecule has 0 aliphatic rings. The van der Waals surface area contributed by atoms with E-state index in [1.165, 1.54) is 0 Å². The van der Waals surface area contributed by atoms with Crippen molar-refractivity contribution in [3.8, 4) is 0 Å². The van der Waals surface area contributed by atoms with Gasteiger partial charge in [-0.25, -0.2) is 0 Å². The second-order valence-electron chi connectivity index (χ2n) is 4.51. The third-order valence-corrected chi connectivity index (χ3v) is 2.68. The number of aliphatic hydroxyl groups excluding tert-OH is 1. The molecule has 0 aromatic carbocycles. The zero-order chi connectivity index (χ0) is 12.0. The molecule has 2 N–H and O–H groups in total. The van der Waals surface area contributed by atoms with Gasteiger partial charge in [0, 0.05) is 19.1 Å². The molecule has 90 valence electrons. The van der Waals surface area contributed by atoms with E-state index in [-0.39, 0.29) is 31.1 Å². The summed E-state index contributed by atoms with van der Waals surface area (Å²) in [6.07, 6.45) is 0. The number of nitrogens with one attached hydrogen (secondary N) is 1. The fraction of sp³-hybridized carbons (Fsp3) is 0.909. The van der Waals surface area contributed by atoms with E-state index in [0.29, 0.717) is 5.92 Å². The van der Waals surface area contributed by atoms with Crippen LogP contribution in [0.25, 0.3) is 0 Å². The molecule has 4 heteroatoms. The van der Waals surface area contributed by atoms with Crippen molar-refractivity contribution in [2.24, 2.45) is 5.92 Å². The van der Waals surface area contributed by atoms with Crippen LogP contribution in [0.2, 0.25) is 0 Å². The highest BCUT2D eigenvalue weighted by Crippen LogP contribution is 2.00. The SMILES string of the molecule is CC(C)[C@@H](CO)NCC(=O)N(C)C(C)C. The van der Waals surface area contributed by atoms with Crippen molar-refractivity contribution in [3.63, 3.8) is 0 Å². The second-order valence-corrected chi connectivity index (χ2v) is 4.51. The van der Waals surface area contributed by atoms with Gasteiger partial charge >= 0.3 is 0 Å². The van der Waals surface area contributed by atoms with E-state index in [2.05, 4.69) is 5.32 Å². The van der Waals surface area contributed by atoms with Gasteiger partial charge in [0.15, 0.2) is 0 Å².